The van der Waals surface area contributed by atoms with Crippen molar-refractivity contribution >= 4 is 47.6 Å². The molecule has 0 rings (SSSR count). The quantitative estimate of drug-likeness (QED) is 0.0255. The number of carboxylic acids is 6. The second-order valence-electron chi connectivity index (χ2n) is 17.1. The van der Waals surface area contributed by atoms with Crippen LogP contribution in [0.5, 0.6) is 0 Å². The van der Waals surface area contributed by atoms with E-state index in [0.717, 1.165) is 11.8 Å². The van der Waals surface area contributed by atoms with E-state index in [0.29, 0.717) is 51.4 Å². The molecule has 0 saturated carbocycles. The molecule has 0 bridgehead atoms. The van der Waals surface area contributed by atoms with Gasteiger partial charge in [-0.05, 0) is 87.3 Å². The van der Waals surface area contributed by atoms with Gasteiger partial charge in [0.1, 0.15) is 38.5 Å². The smallest absolute Gasteiger partial charge is 0.314 e. The lowest BCUT2D eigenvalue weighted by atomic mass is 9.83. The van der Waals surface area contributed by atoms with Crippen LogP contribution in [0.25, 0.3) is 0 Å². The van der Waals surface area contributed by atoms with Crippen molar-refractivity contribution in [2.75, 3.05) is 0 Å². The van der Waals surface area contributed by atoms with E-state index >= 15 is 0 Å². The van der Waals surface area contributed by atoms with E-state index in [-0.39, 0.29) is 48.4 Å². The number of thioether (sulfide) groups is 1. The van der Waals surface area contributed by atoms with E-state index < -0.39 is 144 Å². The molecule has 30 nitrogen and oxygen atoms in total. The number of hydrogen-bond donors (Lipinski definition) is 6. The van der Waals surface area contributed by atoms with Crippen LogP contribution in [-0.4, -0.2) is 125 Å². The van der Waals surface area contributed by atoms with Gasteiger partial charge in [-0.25, -0.2) is 0 Å². The first-order valence-corrected chi connectivity index (χ1v) is 24.7. The average molecular weight is 1100 g/mol. The molecule has 0 heterocycles. The first-order valence-electron chi connectivity index (χ1n) is 23.7. The van der Waals surface area contributed by atoms with Crippen LogP contribution < -0.4 is 0 Å². The summed E-state index contributed by atoms with van der Waals surface area (Å²) in [6.07, 6.45) is 4.80. The first kappa shape index (κ1) is 72.0. The summed E-state index contributed by atoms with van der Waals surface area (Å²) >= 11 is 0.937. The molecule has 9 atom stereocenters. The van der Waals surface area contributed by atoms with Crippen LogP contribution in [0.4, 0.5) is 0 Å². The summed E-state index contributed by atoms with van der Waals surface area (Å²) in [7, 11) is 0. The van der Waals surface area contributed by atoms with Gasteiger partial charge in [0.15, 0.2) is 0 Å². The molecule has 0 aliphatic carbocycles. The van der Waals surface area contributed by atoms with Crippen LogP contribution in [-0.2, 0) is 28.8 Å². The third kappa shape index (κ3) is 33.3. The van der Waals surface area contributed by atoms with Gasteiger partial charge >= 0.3 is 35.8 Å². The predicted octanol–water partition coefficient (Wildman–Crippen LogP) is 7.57. The monoisotopic (exact) mass is 1100 g/mol. The highest BCUT2D eigenvalue weighted by molar-refractivity contribution is 8.00. The van der Waals surface area contributed by atoms with Crippen LogP contribution in [0.1, 0.15) is 151 Å². The number of hydrogen-bond acceptors (Lipinski definition) is 19. The van der Waals surface area contributed by atoms with Gasteiger partial charge in [0.25, 0.3) is 17.1 Å². The lowest BCUT2D eigenvalue weighted by Gasteiger charge is -2.24. The second-order valence-corrected chi connectivity index (χ2v) is 18.6. The Morgan fingerprint density at radius 3 is 0.867 bits per heavy atom. The van der Waals surface area contributed by atoms with Crippen LogP contribution in [0.15, 0.2) is 35.3 Å². The molecule has 9 unspecified atom stereocenters. The molecule has 0 aliphatic heterocycles. The number of carbonyl (C=O) groups is 6. The Hall–Kier alpha value is -7.21. The predicted molar refractivity (Wildman–Crippen MR) is 265 cm³/mol. The minimum absolute atomic E-state index is 0.0608. The molecule has 0 amide bonds. The Balaban J connectivity index is -0.00000104. The fraction of sp³-hybridized carbons (Fsp3) is 0.727. The van der Waals surface area contributed by atoms with Crippen molar-refractivity contribution in [1.82, 2.24) is 0 Å². The molecular weight excluding hydrogens is 1030 g/mol. The molecule has 6 N–H and O–H groups in total. The van der Waals surface area contributed by atoms with Gasteiger partial charge in [-0.3, -0.25) is 89.5 Å². The van der Waals surface area contributed by atoms with Crippen LogP contribution in [0.2, 0.25) is 0 Å². The van der Waals surface area contributed by atoms with Gasteiger partial charge in [-0.1, -0.05) is 60.8 Å². The second kappa shape index (κ2) is 39.3. The molecule has 0 aromatic heterocycles. The molecule has 0 aliphatic rings. The highest BCUT2D eigenvalue weighted by atomic mass is 32.2. The van der Waals surface area contributed by atoms with Gasteiger partial charge in [-0.15, -0.1) is 11.8 Å². The topological polar surface area (TPSA) is 483 Å². The number of nitrogens with zero attached hydrogens (tertiary/aromatic N) is 6. The zero-order valence-electron chi connectivity index (χ0n) is 42.6. The van der Waals surface area contributed by atoms with Crippen molar-refractivity contribution in [3.05, 3.63) is 96.0 Å². The SMILES string of the molecule is CCC(C/C=C(/CC(=O)O)[N+](=O)[O-])CC(CC)C(CC(=O)O)[N+](=O)[O-].CCC(C/C=C(/CC(=O)O)[N+](=O)[O-])CC(CC)C/C=C(/CC(=O)O)[N+](=O)[O-].CCC(SC(CC)C(CC(=O)O)[N+](=O)[O-])C(CC(=O)O)[N+](=O)[O-]. The standard InChI is InChI=1S/C17H26N2O8.C15H24N2O8.C12H20N2O8S/c1-3-12(5-7-14(18(24)25)10-16(20)21)9-13(4-2)6-8-15(19(26)27)11-17(22)23;1-3-10(5-6-12(16(22)23)8-14(18)19)7-11(4-2)13(17(24)25)9-15(20)21;1-3-9(7(13(19)20)5-11(15)16)23-10(4-2)8(14(21)22)6-12(17)18/h7-8,12-13H,3-6,9-11H2,1-2H3,(H,20,21)(H,22,23);6,10-11,13H,3-5,7-9H2,1-2H3,(H,18,19)(H,20,21);7-10H,3-6H2,1-2H3,(H,15,16)(H,17,18)/b14-7-,15-8-;12-6-;. The third-order valence-electron chi connectivity index (χ3n) is 11.8. The van der Waals surface area contributed by atoms with Crippen molar-refractivity contribution in [2.45, 2.75) is 179 Å². The van der Waals surface area contributed by atoms with Crippen molar-refractivity contribution in [3.8, 4) is 0 Å². The zero-order valence-corrected chi connectivity index (χ0v) is 43.4. The molecular formula is C44H70N6O24S. The Morgan fingerprint density at radius 2 is 0.667 bits per heavy atom. The van der Waals surface area contributed by atoms with Crippen LogP contribution in [0, 0.1) is 84.4 Å². The number of allylic oxidation sites excluding steroid dienone is 3. The zero-order chi connectivity index (χ0) is 58.7. The molecule has 426 valence electrons. The fourth-order valence-electron chi connectivity index (χ4n) is 7.57. The van der Waals surface area contributed by atoms with E-state index in [1.165, 1.54) is 18.2 Å². The van der Waals surface area contributed by atoms with E-state index in [1.54, 1.807) is 20.8 Å². The Labute approximate surface area is 434 Å². The minimum atomic E-state index is -1.38. The number of aliphatic carboxylic acids is 6. The van der Waals surface area contributed by atoms with Crippen LogP contribution in [0.3, 0.4) is 0 Å². The maximum Gasteiger partial charge on any atom is 0.314 e. The summed E-state index contributed by atoms with van der Waals surface area (Å²) in [4.78, 5) is 126. The highest BCUT2D eigenvalue weighted by Crippen LogP contribution is 2.33. The molecule has 0 fully saturated rings. The minimum Gasteiger partial charge on any atom is -0.481 e. The summed E-state index contributed by atoms with van der Waals surface area (Å²) < 4.78 is 0. The fourth-order valence-corrected chi connectivity index (χ4v) is 9.15. The number of nitro groups is 6. The Kier molecular flexibility index (Phi) is 37.7. The van der Waals surface area contributed by atoms with Gasteiger partial charge < -0.3 is 30.6 Å². The first-order chi connectivity index (χ1) is 34.8. The summed E-state index contributed by atoms with van der Waals surface area (Å²) in [6, 6.07) is -3.97. The van der Waals surface area contributed by atoms with E-state index in [2.05, 4.69) is 0 Å². The highest BCUT2D eigenvalue weighted by Gasteiger charge is 2.40. The maximum atomic E-state index is 11.2. The van der Waals surface area contributed by atoms with Crippen molar-refractivity contribution in [2.24, 2.45) is 23.7 Å². The Morgan fingerprint density at radius 1 is 0.400 bits per heavy atom. The maximum absolute atomic E-state index is 11.2. The van der Waals surface area contributed by atoms with E-state index in [4.69, 9.17) is 30.6 Å². The lowest BCUT2D eigenvalue weighted by molar-refractivity contribution is -0.532. The largest absolute Gasteiger partial charge is 0.481 e. The van der Waals surface area contributed by atoms with Crippen LogP contribution >= 0.6 is 11.8 Å². The van der Waals surface area contributed by atoms with Gasteiger partial charge in [0.05, 0.1) is 25.3 Å². The molecule has 0 spiro atoms. The molecule has 31 heteroatoms. The molecule has 0 aromatic carbocycles. The normalized spacial score (nSPS) is 15.2. The third-order valence-corrected chi connectivity index (χ3v) is 13.8. The van der Waals surface area contributed by atoms with E-state index in [1.807, 2.05) is 20.8 Å². The molecule has 0 radical (unpaired) electrons. The van der Waals surface area contributed by atoms with Crippen molar-refractivity contribution in [1.29, 1.82) is 0 Å². The van der Waals surface area contributed by atoms with E-state index in [9.17, 15) is 89.5 Å². The van der Waals surface area contributed by atoms with Gasteiger partial charge in [-0.2, -0.15) is 0 Å². The molecule has 75 heavy (non-hydrogen) atoms. The number of rotatable bonds is 39. The van der Waals surface area contributed by atoms with Gasteiger partial charge in [0.2, 0.25) is 18.1 Å². The molecule has 0 saturated heterocycles. The summed E-state index contributed by atoms with van der Waals surface area (Å²) in [5, 5.41) is 117. The summed E-state index contributed by atoms with van der Waals surface area (Å²) in [5.74, 6) is -8.22. The Bertz CT molecular complexity index is 1960. The van der Waals surface area contributed by atoms with Crippen molar-refractivity contribution < 1.29 is 88.9 Å². The summed E-state index contributed by atoms with van der Waals surface area (Å²) in [5.41, 5.74) is -1.13. The summed E-state index contributed by atoms with van der Waals surface area (Å²) in [6.45, 7) is 10.6. The average Bonchev–Trinajstić information content (AvgIpc) is 3.30. The van der Waals surface area contributed by atoms with Gasteiger partial charge in [0, 0.05) is 20.7 Å². The lowest BCUT2D eigenvalue weighted by Crippen LogP contribution is -2.39. The van der Waals surface area contributed by atoms with Crippen molar-refractivity contribution in [3.63, 3.8) is 0 Å². The number of carboxylic acid groups (broad SMARTS) is 6. The molecule has 0 aromatic rings.